The van der Waals surface area contributed by atoms with Crippen LogP contribution in [-0.4, -0.2) is 25.6 Å². The SMILES string of the molecule is COc1ccc(NC(=O)[C@@H]2CCCN2)c(C(F)(F)F)c1. The first-order valence-electron chi connectivity index (χ1n) is 6.21. The summed E-state index contributed by atoms with van der Waals surface area (Å²) in [6.45, 7) is 0.701. The maximum Gasteiger partial charge on any atom is 0.418 e. The van der Waals surface area contributed by atoms with Gasteiger partial charge in [-0.2, -0.15) is 13.2 Å². The first kappa shape index (κ1) is 14.6. The highest BCUT2D eigenvalue weighted by Crippen LogP contribution is 2.37. The summed E-state index contributed by atoms with van der Waals surface area (Å²) >= 11 is 0. The van der Waals surface area contributed by atoms with E-state index in [4.69, 9.17) is 4.74 Å². The molecule has 0 saturated carbocycles. The van der Waals surface area contributed by atoms with E-state index < -0.39 is 23.7 Å². The van der Waals surface area contributed by atoms with E-state index in [9.17, 15) is 18.0 Å². The van der Waals surface area contributed by atoms with Crippen molar-refractivity contribution < 1.29 is 22.7 Å². The summed E-state index contributed by atoms with van der Waals surface area (Å²) in [6, 6.07) is 3.03. The predicted octanol–water partition coefficient (Wildman–Crippen LogP) is 2.40. The van der Waals surface area contributed by atoms with Crippen molar-refractivity contribution in [2.75, 3.05) is 19.0 Å². The molecule has 0 radical (unpaired) electrons. The molecule has 0 spiro atoms. The lowest BCUT2D eigenvalue weighted by molar-refractivity contribution is -0.137. The second kappa shape index (κ2) is 5.70. The second-order valence-corrected chi connectivity index (χ2v) is 4.55. The van der Waals surface area contributed by atoms with Crippen molar-refractivity contribution in [1.82, 2.24) is 5.32 Å². The Morgan fingerprint density at radius 3 is 2.75 bits per heavy atom. The second-order valence-electron chi connectivity index (χ2n) is 4.55. The van der Waals surface area contributed by atoms with Crippen molar-refractivity contribution in [1.29, 1.82) is 0 Å². The van der Waals surface area contributed by atoms with Gasteiger partial charge in [-0.25, -0.2) is 0 Å². The summed E-state index contributed by atoms with van der Waals surface area (Å²) in [7, 11) is 1.29. The van der Waals surface area contributed by atoms with Crippen molar-refractivity contribution in [2.24, 2.45) is 0 Å². The molecule has 4 nitrogen and oxygen atoms in total. The molecule has 7 heteroatoms. The lowest BCUT2D eigenvalue weighted by atomic mass is 10.1. The number of nitrogens with one attached hydrogen (secondary N) is 2. The van der Waals surface area contributed by atoms with Crippen LogP contribution in [0.1, 0.15) is 18.4 Å². The van der Waals surface area contributed by atoms with Crippen LogP contribution < -0.4 is 15.4 Å². The number of hydrogen-bond donors (Lipinski definition) is 2. The fourth-order valence-corrected chi connectivity index (χ4v) is 2.12. The van der Waals surface area contributed by atoms with Crippen LogP contribution in [-0.2, 0) is 11.0 Å². The number of carbonyl (C=O) groups is 1. The molecule has 20 heavy (non-hydrogen) atoms. The van der Waals surface area contributed by atoms with E-state index in [0.717, 1.165) is 12.5 Å². The Kier molecular flexibility index (Phi) is 4.17. The molecule has 2 N–H and O–H groups in total. The predicted molar refractivity (Wildman–Crippen MR) is 67.7 cm³/mol. The first-order valence-corrected chi connectivity index (χ1v) is 6.21. The molecule has 110 valence electrons. The van der Waals surface area contributed by atoms with Crippen LogP contribution in [0.5, 0.6) is 5.75 Å². The molecule has 0 unspecified atom stereocenters. The number of anilines is 1. The van der Waals surface area contributed by atoms with Crippen molar-refractivity contribution in [3.63, 3.8) is 0 Å². The summed E-state index contributed by atoms with van der Waals surface area (Å²) in [5, 5.41) is 5.27. The van der Waals surface area contributed by atoms with Crippen LogP contribution >= 0.6 is 0 Å². The number of ether oxygens (including phenoxy) is 1. The van der Waals surface area contributed by atoms with Crippen molar-refractivity contribution in [3.8, 4) is 5.75 Å². The minimum absolute atomic E-state index is 0.0920. The normalized spacial score (nSPS) is 18.9. The number of methoxy groups -OCH3 is 1. The minimum atomic E-state index is -4.56. The molecule has 1 aromatic rings. The fourth-order valence-electron chi connectivity index (χ4n) is 2.12. The molecule has 1 atom stereocenters. The molecule has 1 fully saturated rings. The number of alkyl halides is 3. The summed E-state index contributed by atoms with van der Waals surface area (Å²) in [5.74, 6) is -0.354. The third kappa shape index (κ3) is 3.22. The van der Waals surface area contributed by atoms with Crippen LogP contribution in [0.25, 0.3) is 0 Å². The van der Waals surface area contributed by atoms with E-state index in [1.54, 1.807) is 0 Å². The van der Waals surface area contributed by atoms with E-state index in [0.29, 0.717) is 13.0 Å². The van der Waals surface area contributed by atoms with Gasteiger partial charge >= 0.3 is 6.18 Å². The van der Waals surface area contributed by atoms with Crippen molar-refractivity contribution in [2.45, 2.75) is 25.1 Å². The minimum Gasteiger partial charge on any atom is -0.497 e. The van der Waals surface area contributed by atoms with Gasteiger partial charge in [0.1, 0.15) is 5.75 Å². The maximum atomic E-state index is 13.0. The zero-order valence-corrected chi connectivity index (χ0v) is 10.9. The molecule has 1 aromatic carbocycles. The molecular weight excluding hydrogens is 273 g/mol. The van der Waals surface area contributed by atoms with Gasteiger partial charge in [-0.1, -0.05) is 0 Å². The average Bonchev–Trinajstić information content (AvgIpc) is 2.91. The number of halogens is 3. The summed E-state index contributed by atoms with van der Waals surface area (Å²) in [4.78, 5) is 11.9. The number of benzene rings is 1. The molecule has 1 aliphatic rings. The zero-order valence-electron chi connectivity index (χ0n) is 10.9. The summed E-state index contributed by atoms with van der Waals surface area (Å²) in [5.41, 5.74) is -1.17. The monoisotopic (exact) mass is 288 g/mol. The highest BCUT2D eigenvalue weighted by Gasteiger charge is 2.35. The van der Waals surface area contributed by atoms with Crippen molar-refractivity contribution >= 4 is 11.6 Å². The number of rotatable bonds is 3. The van der Waals surface area contributed by atoms with Gasteiger partial charge in [-0.3, -0.25) is 4.79 Å². The highest BCUT2D eigenvalue weighted by atomic mass is 19.4. The smallest absolute Gasteiger partial charge is 0.418 e. The molecule has 1 aliphatic heterocycles. The van der Waals surface area contributed by atoms with E-state index in [1.807, 2.05) is 0 Å². The van der Waals surface area contributed by atoms with Crippen LogP contribution in [0.2, 0.25) is 0 Å². The largest absolute Gasteiger partial charge is 0.497 e. The van der Waals surface area contributed by atoms with Gasteiger partial charge in [0, 0.05) is 0 Å². The number of hydrogen-bond acceptors (Lipinski definition) is 3. The zero-order chi connectivity index (χ0) is 14.8. The van der Waals surface area contributed by atoms with Crippen LogP contribution in [0.15, 0.2) is 18.2 Å². The standard InChI is InChI=1S/C13H15F3N2O2/c1-20-8-4-5-10(9(7-8)13(14,15)16)18-12(19)11-3-2-6-17-11/h4-5,7,11,17H,2-3,6H2,1H3,(H,18,19)/t11-/m0/s1. The van der Waals surface area contributed by atoms with Gasteiger partial charge in [0.2, 0.25) is 5.91 Å². The molecule has 1 saturated heterocycles. The topological polar surface area (TPSA) is 50.4 Å². The Labute approximate surface area is 114 Å². The third-order valence-corrected chi connectivity index (χ3v) is 3.17. The Balaban J connectivity index is 2.24. The highest BCUT2D eigenvalue weighted by molar-refractivity contribution is 5.95. The van der Waals surface area contributed by atoms with Crippen LogP contribution in [0, 0.1) is 0 Å². The average molecular weight is 288 g/mol. The molecule has 0 bridgehead atoms. The Morgan fingerprint density at radius 1 is 1.45 bits per heavy atom. The van der Waals surface area contributed by atoms with Crippen LogP contribution in [0.3, 0.4) is 0 Å². The Hall–Kier alpha value is -1.76. The van der Waals surface area contributed by atoms with Gasteiger partial charge in [0.25, 0.3) is 0 Å². The van der Waals surface area contributed by atoms with Gasteiger partial charge in [0.15, 0.2) is 0 Å². The lowest BCUT2D eigenvalue weighted by Gasteiger charge is -2.17. The summed E-state index contributed by atoms with van der Waals surface area (Å²) < 4.78 is 43.7. The van der Waals surface area contributed by atoms with Gasteiger partial charge < -0.3 is 15.4 Å². The van der Waals surface area contributed by atoms with E-state index in [2.05, 4.69) is 10.6 Å². The summed E-state index contributed by atoms with van der Waals surface area (Å²) in [6.07, 6.45) is -3.09. The molecular formula is C13H15F3N2O2. The molecule has 0 aromatic heterocycles. The first-order chi connectivity index (χ1) is 9.41. The quantitative estimate of drug-likeness (QED) is 0.898. The van der Waals surface area contributed by atoms with E-state index in [-0.39, 0.29) is 11.4 Å². The maximum absolute atomic E-state index is 13.0. The molecule has 1 heterocycles. The third-order valence-electron chi connectivity index (χ3n) is 3.17. The van der Waals surface area contributed by atoms with Crippen LogP contribution in [0.4, 0.5) is 18.9 Å². The van der Waals surface area contributed by atoms with E-state index >= 15 is 0 Å². The number of amides is 1. The van der Waals surface area contributed by atoms with E-state index in [1.165, 1.54) is 19.2 Å². The molecule has 2 rings (SSSR count). The molecule has 0 aliphatic carbocycles. The van der Waals surface area contributed by atoms with Crippen molar-refractivity contribution in [3.05, 3.63) is 23.8 Å². The Bertz CT molecular complexity index is 497. The molecule has 1 amide bonds. The lowest BCUT2D eigenvalue weighted by Crippen LogP contribution is -2.36. The van der Waals surface area contributed by atoms with Gasteiger partial charge in [-0.15, -0.1) is 0 Å². The van der Waals surface area contributed by atoms with Gasteiger partial charge in [-0.05, 0) is 37.6 Å². The number of carbonyl (C=O) groups excluding carboxylic acids is 1. The fraction of sp³-hybridized carbons (Fsp3) is 0.462. The Morgan fingerprint density at radius 2 is 2.20 bits per heavy atom. The van der Waals surface area contributed by atoms with Gasteiger partial charge in [0.05, 0.1) is 24.4 Å².